The first-order chi connectivity index (χ1) is 19.5. The average Bonchev–Trinajstić information content (AvgIpc) is 3.00. The number of nitrogens with zero attached hydrogens (tertiary/aromatic N) is 2. The van der Waals surface area contributed by atoms with E-state index in [9.17, 15) is 9.90 Å². The molecule has 6 rings (SSSR count). The summed E-state index contributed by atoms with van der Waals surface area (Å²) in [5.41, 5.74) is 8.20. The van der Waals surface area contributed by atoms with Crippen molar-refractivity contribution in [1.82, 2.24) is 4.90 Å². The lowest BCUT2D eigenvalue weighted by Gasteiger charge is -2.40. The molecule has 202 valence electrons. The highest BCUT2D eigenvalue weighted by Crippen LogP contribution is 2.46. The minimum absolute atomic E-state index is 0.120. The largest absolute Gasteiger partial charge is 0.496 e. The van der Waals surface area contributed by atoms with Crippen molar-refractivity contribution in [3.05, 3.63) is 107 Å². The van der Waals surface area contributed by atoms with Crippen LogP contribution in [0.3, 0.4) is 0 Å². The first kappa shape index (κ1) is 25.8. The Hall–Kier alpha value is -4.42. The molecule has 4 aromatic carbocycles. The van der Waals surface area contributed by atoms with E-state index in [0.717, 1.165) is 70.1 Å². The molecule has 1 N–H and O–H groups in total. The minimum atomic E-state index is -0.947. The smallest absolute Gasteiger partial charge is 0.335 e. The highest BCUT2D eigenvalue weighted by molar-refractivity contribution is 6.16. The maximum atomic E-state index is 11.8. The summed E-state index contributed by atoms with van der Waals surface area (Å²) in [6.07, 6.45) is 0.945. The maximum absolute atomic E-state index is 11.8. The lowest BCUT2D eigenvalue weighted by Crippen LogP contribution is -2.42. The zero-order chi connectivity index (χ0) is 27.8. The summed E-state index contributed by atoms with van der Waals surface area (Å²) in [6.45, 7) is 1.88. The van der Waals surface area contributed by atoms with E-state index in [0.29, 0.717) is 0 Å². The van der Waals surface area contributed by atoms with Gasteiger partial charge in [0, 0.05) is 34.7 Å². The van der Waals surface area contributed by atoms with E-state index in [2.05, 4.69) is 36.2 Å². The molecule has 2 heterocycles. The van der Waals surface area contributed by atoms with Crippen LogP contribution in [-0.2, 0) is 0 Å². The van der Waals surface area contributed by atoms with Crippen molar-refractivity contribution in [2.24, 2.45) is 4.99 Å². The number of hydrogen-bond acceptors (Lipinski definition) is 5. The fourth-order valence-corrected chi connectivity index (χ4v) is 6.14. The third kappa shape index (κ3) is 4.54. The molecule has 40 heavy (non-hydrogen) atoms. The SMILES string of the molecule is COc1ccccc1-c1cc2c(cc1-c1ccccc1OC)[C@H]1CN(C)CC[C@H]1N=C2c1cccc(C(=O)O)c1. The van der Waals surface area contributed by atoms with Gasteiger partial charge in [-0.05, 0) is 73.1 Å². The molecule has 0 aliphatic carbocycles. The minimum Gasteiger partial charge on any atom is -0.496 e. The number of aliphatic imine (C=N–C) groups is 1. The summed E-state index contributed by atoms with van der Waals surface area (Å²) in [5.74, 6) is 0.850. The van der Waals surface area contributed by atoms with Gasteiger partial charge in [0.1, 0.15) is 11.5 Å². The van der Waals surface area contributed by atoms with Crippen molar-refractivity contribution in [3.8, 4) is 33.8 Å². The standard InChI is InChI=1S/C34H32N2O4/c1-36-16-15-30-29(20-36)27-18-25(23-11-4-6-13-31(23)39-2)26(24-12-5-7-14-32(24)40-3)19-28(27)33(35-30)21-9-8-10-22(17-21)34(37)38/h4-14,17-19,29-30H,15-16,20H2,1-3H3,(H,37,38)/t29-,30-/m1/s1. The molecule has 6 heteroatoms. The van der Waals surface area contributed by atoms with E-state index in [1.165, 1.54) is 5.56 Å². The van der Waals surface area contributed by atoms with Crippen molar-refractivity contribution in [3.63, 3.8) is 0 Å². The number of hydrogen-bond donors (Lipinski definition) is 1. The number of carboxylic acids is 1. The second kappa shape index (κ2) is 10.6. The van der Waals surface area contributed by atoms with Crippen LogP contribution >= 0.6 is 0 Å². The van der Waals surface area contributed by atoms with Crippen LogP contribution in [0.1, 0.15) is 39.4 Å². The van der Waals surface area contributed by atoms with Crippen LogP contribution in [0.5, 0.6) is 11.5 Å². The molecule has 2 aliphatic rings. The van der Waals surface area contributed by atoms with E-state index in [-0.39, 0.29) is 17.5 Å². The Kier molecular flexibility index (Phi) is 6.86. The molecule has 6 nitrogen and oxygen atoms in total. The van der Waals surface area contributed by atoms with Crippen molar-refractivity contribution in [2.75, 3.05) is 34.4 Å². The fourth-order valence-electron chi connectivity index (χ4n) is 6.14. The molecule has 1 saturated heterocycles. The second-order valence-corrected chi connectivity index (χ2v) is 10.5. The molecule has 0 aromatic heterocycles. The van der Waals surface area contributed by atoms with Gasteiger partial charge in [0.15, 0.2) is 0 Å². The van der Waals surface area contributed by atoms with E-state index in [4.69, 9.17) is 14.5 Å². The number of piperidine rings is 1. The lowest BCUT2D eigenvalue weighted by atomic mass is 9.76. The van der Waals surface area contributed by atoms with Crippen LogP contribution in [-0.4, -0.2) is 62.1 Å². The van der Waals surface area contributed by atoms with Gasteiger partial charge in [-0.3, -0.25) is 4.99 Å². The molecule has 0 bridgehead atoms. The third-order valence-corrected chi connectivity index (χ3v) is 8.10. The monoisotopic (exact) mass is 532 g/mol. The zero-order valence-electron chi connectivity index (χ0n) is 22.9. The number of likely N-dealkylation sites (tertiary alicyclic amines) is 1. The Morgan fingerprint density at radius 2 is 1.48 bits per heavy atom. The fraction of sp³-hybridized carbons (Fsp3) is 0.235. The van der Waals surface area contributed by atoms with Crippen LogP contribution in [0, 0.1) is 0 Å². The molecule has 0 radical (unpaired) electrons. The Bertz CT molecular complexity index is 1630. The molecule has 4 aromatic rings. The summed E-state index contributed by atoms with van der Waals surface area (Å²) in [5, 5.41) is 9.71. The molecule has 0 unspecified atom stereocenters. The maximum Gasteiger partial charge on any atom is 0.335 e. The van der Waals surface area contributed by atoms with Crippen molar-refractivity contribution >= 4 is 11.7 Å². The highest BCUT2D eigenvalue weighted by atomic mass is 16.5. The molecule has 0 amide bonds. The molecule has 2 atom stereocenters. The lowest BCUT2D eigenvalue weighted by molar-refractivity contribution is 0.0697. The number of ether oxygens (including phenoxy) is 2. The topological polar surface area (TPSA) is 71.4 Å². The first-order valence-electron chi connectivity index (χ1n) is 13.5. The van der Waals surface area contributed by atoms with E-state index in [1.807, 2.05) is 42.5 Å². The number of para-hydroxylation sites is 2. The van der Waals surface area contributed by atoms with E-state index < -0.39 is 5.97 Å². The van der Waals surface area contributed by atoms with Gasteiger partial charge in [-0.25, -0.2) is 4.79 Å². The molecule has 2 aliphatic heterocycles. The van der Waals surface area contributed by atoms with Gasteiger partial charge < -0.3 is 19.5 Å². The molecule has 0 spiro atoms. The molecular weight excluding hydrogens is 500 g/mol. The van der Waals surface area contributed by atoms with Gasteiger partial charge in [0.2, 0.25) is 0 Å². The summed E-state index contributed by atoms with van der Waals surface area (Å²) in [6, 6.07) is 27.9. The number of carbonyl (C=O) groups is 1. The van der Waals surface area contributed by atoms with Gasteiger partial charge in [-0.15, -0.1) is 0 Å². The Morgan fingerprint density at radius 1 is 0.825 bits per heavy atom. The van der Waals surface area contributed by atoms with Gasteiger partial charge in [0.05, 0.1) is 31.5 Å². The summed E-state index contributed by atoms with van der Waals surface area (Å²) in [7, 11) is 5.55. The van der Waals surface area contributed by atoms with Crippen LogP contribution in [0.25, 0.3) is 22.3 Å². The predicted octanol–water partition coefficient (Wildman–Crippen LogP) is 6.37. The summed E-state index contributed by atoms with van der Waals surface area (Å²) >= 11 is 0. The normalized spacial score (nSPS) is 18.3. The molecular formula is C34H32N2O4. The van der Waals surface area contributed by atoms with Crippen LogP contribution in [0.15, 0.2) is 89.9 Å². The number of likely N-dealkylation sites (N-methyl/N-ethyl adjacent to an activating group) is 1. The number of methoxy groups -OCH3 is 2. The van der Waals surface area contributed by atoms with Crippen molar-refractivity contribution < 1.29 is 19.4 Å². The summed E-state index contributed by atoms with van der Waals surface area (Å²) in [4.78, 5) is 19.5. The third-order valence-electron chi connectivity index (χ3n) is 8.10. The number of fused-ring (bicyclic) bond motifs is 3. The number of rotatable bonds is 6. The Morgan fingerprint density at radius 3 is 2.12 bits per heavy atom. The predicted molar refractivity (Wildman–Crippen MR) is 158 cm³/mol. The quantitative estimate of drug-likeness (QED) is 0.312. The van der Waals surface area contributed by atoms with Gasteiger partial charge in [0.25, 0.3) is 0 Å². The molecule has 1 fully saturated rings. The Labute approximate surface area is 234 Å². The van der Waals surface area contributed by atoms with Crippen LogP contribution in [0.2, 0.25) is 0 Å². The van der Waals surface area contributed by atoms with Crippen molar-refractivity contribution in [1.29, 1.82) is 0 Å². The summed E-state index contributed by atoms with van der Waals surface area (Å²) < 4.78 is 11.6. The number of benzene rings is 4. The van der Waals surface area contributed by atoms with Gasteiger partial charge in [-0.1, -0.05) is 48.5 Å². The average molecular weight is 533 g/mol. The van der Waals surface area contributed by atoms with E-state index in [1.54, 1.807) is 32.4 Å². The zero-order valence-corrected chi connectivity index (χ0v) is 22.9. The van der Waals surface area contributed by atoms with Crippen LogP contribution in [0.4, 0.5) is 0 Å². The van der Waals surface area contributed by atoms with Crippen LogP contribution < -0.4 is 9.47 Å². The van der Waals surface area contributed by atoms with Gasteiger partial charge >= 0.3 is 5.97 Å². The van der Waals surface area contributed by atoms with Crippen molar-refractivity contribution in [2.45, 2.75) is 18.4 Å². The van der Waals surface area contributed by atoms with E-state index >= 15 is 0 Å². The highest BCUT2D eigenvalue weighted by Gasteiger charge is 2.36. The number of carboxylic acid groups (broad SMARTS) is 1. The number of aromatic carboxylic acids is 1. The van der Waals surface area contributed by atoms with Gasteiger partial charge in [-0.2, -0.15) is 0 Å². The first-order valence-corrected chi connectivity index (χ1v) is 13.5. The Balaban J connectivity index is 1.66. The second-order valence-electron chi connectivity index (χ2n) is 10.5. The molecule has 0 saturated carbocycles.